The maximum absolute atomic E-state index is 13.0. The summed E-state index contributed by atoms with van der Waals surface area (Å²) in [6, 6.07) is 22.4. The molecule has 1 aliphatic rings. The fourth-order valence-electron chi connectivity index (χ4n) is 4.21. The Hall–Kier alpha value is -3.67. The number of piperidine rings is 1. The third-order valence-electron chi connectivity index (χ3n) is 6.09. The molecule has 0 saturated carbocycles. The SMILES string of the molecule is NC(=O)C(Cc1ccccc1)NC(=O)C1CCN(C(=O)c2ccc3ccccc3c2)CC1. The summed E-state index contributed by atoms with van der Waals surface area (Å²) in [6.45, 7) is 1.01. The van der Waals surface area contributed by atoms with Crippen molar-refractivity contribution in [1.82, 2.24) is 10.2 Å². The molecule has 1 aliphatic heterocycles. The maximum Gasteiger partial charge on any atom is 0.253 e. The Bertz CT molecular complexity index is 1120. The van der Waals surface area contributed by atoms with E-state index in [1.807, 2.05) is 72.8 Å². The highest BCUT2D eigenvalue weighted by molar-refractivity contribution is 5.98. The highest BCUT2D eigenvalue weighted by atomic mass is 16.2. The van der Waals surface area contributed by atoms with Crippen LogP contribution in [-0.4, -0.2) is 41.8 Å². The molecule has 0 aliphatic carbocycles. The van der Waals surface area contributed by atoms with Gasteiger partial charge in [0.25, 0.3) is 5.91 Å². The van der Waals surface area contributed by atoms with Crippen molar-refractivity contribution in [3.8, 4) is 0 Å². The normalized spacial score (nSPS) is 15.3. The van der Waals surface area contributed by atoms with Gasteiger partial charge in [-0.25, -0.2) is 0 Å². The minimum Gasteiger partial charge on any atom is -0.368 e. The van der Waals surface area contributed by atoms with Crippen LogP contribution in [-0.2, 0) is 16.0 Å². The fourth-order valence-corrected chi connectivity index (χ4v) is 4.21. The Balaban J connectivity index is 1.34. The summed E-state index contributed by atoms with van der Waals surface area (Å²) in [6.07, 6.45) is 1.48. The van der Waals surface area contributed by atoms with Gasteiger partial charge in [-0.15, -0.1) is 0 Å². The molecule has 0 spiro atoms. The molecule has 0 radical (unpaired) electrons. The summed E-state index contributed by atoms with van der Waals surface area (Å²) in [5.41, 5.74) is 7.11. The number of nitrogens with two attached hydrogens (primary N) is 1. The van der Waals surface area contributed by atoms with Crippen molar-refractivity contribution in [1.29, 1.82) is 0 Å². The van der Waals surface area contributed by atoms with Crippen LogP contribution < -0.4 is 11.1 Å². The third kappa shape index (κ3) is 4.97. The zero-order valence-corrected chi connectivity index (χ0v) is 17.9. The molecule has 6 nitrogen and oxygen atoms in total. The number of carbonyl (C=O) groups excluding carboxylic acids is 3. The Morgan fingerprint density at radius 1 is 0.906 bits per heavy atom. The molecule has 4 rings (SSSR count). The molecule has 3 amide bonds. The van der Waals surface area contributed by atoms with Gasteiger partial charge in [0, 0.05) is 31.0 Å². The second-order valence-corrected chi connectivity index (χ2v) is 8.28. The minimum absolute atomic E-state index is 0.0197. The average Bonchev–Trinajstić information content (AvgIpc) is 2.83. The first kappa shape index (κ1) is 21.6. The number of benzene rings is 3. The van der Waals surface area contributed by atoms with Crippen LogP contribution in [0.15, 0.2) is 72.8 Å². The summed E-state index contributed by atoms with van der Waals surface area (Å²) in [4.78, 5) is 39.4. The second kappa shape index (κ2) is 9.64. The molecule has 0 bridgehead atoms. The molecule has 6 heteroatoms. The van der Waals surface area contributed by atoms with E-state index in [4.69, 9.17) is 5.73 Å². The number of nitrogens with one attached hydrogen (secondary N) is 1. The number of likely N-dealkylation sites (tertiary alicyclic amines) is 1. The largest absolute Gasteiger partial charge is 0.368 e. The summed E-state index contributed by atoms with van der Waals surface area (Å²) >= 11 is 0. The Kier molecular flexibility index (Phi) is 6.50. The lowest BCUT2D eigenvalue weighted by Gasteiger charge is -2.32. The van der Waals surface area contributed by atoms with Gasteiger partial charge in [-0.1, -0.05) is 60.7 Å². The van der Waals surface area contributed by atoms with Gasteiger partial charge in [0.1, 0.15) is 6.04 Å². The Morgan fingerprint density at radius 2 is 1.56 bits per heavy atom. The van der Waals surface area contributed by atoms with Gasteiger partial charge in [0.15, 0.2) is 0 Å². The number of carbonyl (C=O) groups is 3. The smallest absolute Gasteiger partial charge is 0.253 e. The van der Waals surface area contributed by atoms with E-state index >= 15 is 0 Å². The molecular formula is C26H27N3O3. The molecular weight excluding hydrogens is 402 g/mol. The van der Waals surface area contributed by atoms with Crippen LogP contribution in [0.3, 0.4) is 0 Å². The zero-order valence-electron chi connectivity index (χ0n) is 17.9. The average molecular weight is 430 g/mol. The van der Waals surface area contributed by atoms with Gasteiger partial charge in [-0.2, -0.15) is 0 Å². The Labute approximate surface area is 187 Å². The molecule has 3 aromatic rings. The first-order valence-electron chi connectivity index (χ1n) is 10.9. The predicted molar refractivity (Wildman–Crippen MR) is 124 cm³/mol. The lowest BCUT2D eigenvalue weighted by Crippen LogP contribution is -2.50. The van der Waals surface area contributed by atoms with E-state index in [2.05, 4.69) is 5.32 Å². The number of primary amides is 1. The molecule has 3 N–H and O–H groups in total. The van der Waals surface area contributed by atoms with Gasteiger partial charge >= 0.3 is 0 Å². The van der Waals surface area contributed by atoms with Crippen LogP contribution in [0.4, 0.5) is 0 Å². The Morgan fingerprint density at radius 3 is 2.25 bits per heavy atom. The van der Waals surface area contributed by atoms with Crippen molar-refractivity contribution < 1.29 is 14.4 Å². The standard InChI is InChI=1S/C26H27N3O3/c27-24(30)23(16-18-6-2-1-3-7-18)28-25(31)20-12-14-29(15-13-20)26(32)22-11-10-19-8-4-5-9-21(19)17-22/h1-11,17,20,23H,12-16H2,(H2,27,30)(H,28,31). The van der Waals surface area contributed by atoms with E-state index in [1.165, 1.54) is 0 Å². The molecule has 3 aromatic carbocycles. The van der Waals surface area contributed by atoms with E-state index < -0.39 is 11.9 Å². The van der Waals surface area contributed by atoms with Crippen molar-refractivity contribution in [3.63, 3.8) is 0 Å². The molecule has 1 unspecified atom stereocenters. The van der Waals surface area contributed by atoms with E-state index in [0.717, 1.165) is 16.3 Å². The summed E-state index contributed by atoms with van der Waals surface area (Å²) in [7, 11) is 0. The topological polar surface area (TPSA) is 92.5 Å². The zero-order chi connectivity index (χ0) is 22.5. The van der Waals surface area contributed by atoms with E-state index in [-0.39, 0.29) is 17.7 Å². The second-order valence-electron chi connectivity index (χ2n) is 8.28. The van der Waals surface area contributed by atoms with Crippen LogP contribution in [0.5, 0.6) is 0 Å². The van der Waals surface area contributed by atoms with Gasteiger partial charge in [-0.3, -0.25) is 14.4 Å². The monoisotopic (exact) mass is 429 g/mol. The van der Waals surface area contributed by atoms with Crippen molar-refractivity contribution in [2.45, 2.75) is 25.3 Å². The van der Waals surface area contributed by atoms with Crippen LogP contribution in [0.2, 0.25) is 0 Å². The van der Waals surface area contributed by atoms with Crippen molar-refractivity contribution >= 4 is 28.5 Å². The number of fused-ring (bicyclic) bond motifs is 1. The summed E-state index contributed by atoms with van der Waals surface area (Å²) < 4.78 is 0. The van der Waals surface area contributed by atoms with Gasteiger partial charge < -0.3 is 16.0 Å². The number of nitrogens with zero attached hydrogens (tertiary/aromatic N) is 1. The minimum atomic E-state index is -0.748. The van der Waals surface area contributed by atoms with Crippen molar-refractivity contribution in [2.24, 2.45) is 11.7 Å². The molecule has 0 aromatic heterocycles. The van der Waals surface area contributed by atoms with Gasteiger partial charge in [0.05, 0.1) is 0 Å². The van der Waals surface area contributed by atoms with E-state index in [1.54, 1.807) is 4.90 Å². The van der Waals surface area contributed by atoms with Crippen molar-refractivity contribution in [3.05, 3.63) is 83.9 Å². The lowest BCUT2D eigenvalue weighted by molar-refractivity contribution is -0.130. The third-order valence-corrected chi connectivity index (χ3v) is 6.09. The molecule has 1 atom stereocenters. The molecule has 1 heterocycles. The van der Waals surface area contributed by atoms with Gasteiger partial charge in [0.2, 0.25) is 11.8 Å². The molecule has 1 saturated heterocycles. The van der Waals surface area contributed by atoms with Crippen LogP contribution >= 0.6 is 0 Å². The number of rotatable bonds is 6. The first-order chi connectivity index (χ1) is 15.5. The van der Waals surface area contributed by atoms with Crippen LogP contribution in [0, 0.1) is 5.92 Å². The van der Waals surface area contributed by atoms with E-state index in [0.29, 0.717) is 37.9 Å². The number of hydrogen-bond donors (Lipinski definition) is 2. The maximum atomic E-state index is 13.0. The first-order valence-corrected chi connectivity index (χ1v) is 10.9. The molecule has 32 heavy (non-hydrogen) atoms. The van der Waals surface area contributed by atoms with E-state index in [9.17, 15) is 14.4 Å². The summed E-state index contributed by atoms with van der Waals surface area (Å²) in [5, 5.41) is 4.94. The number of amides is 3. The number of hydrogen-bond acceptors (Lipinski definition) is 3. The van der Waals surface area contributed by atoms with Crippen molar-refractivity contribution in [2.75, 3.05) is 13.1 Å². The summed E-state index contributed by atoms with van der Waals surface area (Å²) in [5.74, 6) is -0.990. The fraction of sp³-hybridized carbons (Fsp3) is 0.269. The quantitative estimate of drug-likeness (QED) is 0.631. The lowest BCUT2D eigenvalue weighted by atomic mass is 9.94. The highest BCUT2D eigenvalue weighted by Crippen LogP contribution is 2.22. The molecule has 164 valence electrons. The molecule has 1 fully saturated rings. The van der Waals surface area contributed by atoms with Crippen LogP contribution in [0.1, 0.15) is 28.8 Å². The predicted octanol–water partition coefficient (Wildman–Crippen LogP) is 2.90. The van der Waals surface area contributed by atoms with Crippen LogP contribution in [0.25, 0.3) is 10.8 Å². The van der Waals surface area contributed by atoms with Gasteiger partial charge in [-0.05, 0) is 41.3 Å². The highest BCUT2D eigenvalue weighted by Gasteiger charge is 2.30.